The third kappa shape index (κ3) is 4.84. The average molecular weight is 335 g/mol. The Morgan fingerprint density at radius 2 is 1.96 bits per heavy atom. The number of nitro benzene ring substituents is 1. The Hall–Kier alpha value is -2.31. The number of amides is 1. The molecule has 7 nitrogen and oxygen atoms in total. The molecule has 0 radical (unpaired) electrons. The van der Waals surface area contributed by atoms with Gasteiger partial charge in [0.15, 0.2) is 0 Å². The van der Waals surface area contributed by atoms with Crippen LogP contribution in [0, 0.1) is 17.0 Å². The van der Waals surface area contributed by atoms with Crippen LogP contribution in [-0.4, -0.2) is 35.7 Å². The van der Waals surface area contributed by atoms with E-state index in [9.17, 15) is 14.9 Å². The van der Waals surface area contributed by atoms with Gasteiger partial charge in [-0.2, -0.15) is 0 Å². The number of ether oxygens (including phenoxy) is 1. The topological polar surface area (TPSA) is 84.7 Å². The summed E-state index contributed by atoms with van der Waals surface area (Å²) in [5, 5.41) is 13.8. The molecule has 0 bridgehead atoms. The molecule has 24 heavy (non-hydrogen) atoms. The van der Waals surface area contributed by atoms with Crippen molar-refractivity contribution >= 4 is 17.5 Å². The lowest BCUT2D eigenvalue weighted by molar-refractivity contribution is -0.385. The summed E-state index contributed by atoms with van der Waals surface area (Å²) in [7, 11) is 0. The molecule has 0 unspecified atom stereocenters. The summed E-state index contributed by atoms with van der Waals surface area (Å²) in [5.41, 5.74) is 1.28. The van der Waals surface area contributed by atoms with Crippen LogP contribution in [0.5, 0.6) is 0 Å². The third-order valence-corrected chi connectivity index (χ3v) is 3.96. The molecule has 1 saturated heterocycles. The number of benzene rings is 1. The van der Waals surface area contributed by atoms with Crippen molar-refractivity contribution in [3.8, 4) is 0 Å². The Bertz CT molecular complexity index is 617. The number of alkyl carbamates (subject to hydrolysis) is 1. The zero-order chi connectivity index (χ0) is 17.9. The molecule has 0 aromatic heterocycles. The fourth-order valence-electron chi connectivity index (χ4n) is 2.80. The number of anilines is 1. The van der Waals surface area contributed by atoms with E-state index in [4.69, 9.17) is 4.74 Å². The number of carbonyl (C=O) groups is 1. The number of aryl methyl sites for hydroxylation is 1. The van der Waals surface area contributed by atoms with Gasteiger partial charge in [-0.05, 0) is 52.7 Å². The van der Waals surface area contributed by atoms with Gasteiger partial charge in [0.2, 0.25) is 0 Å². The molecule has 0 aliphatic carbocycles. The largest absolute Gasteiger partial charge is 0.444 e. The van der Waals surface area contributed by atoms with Crippen molar-refractivity contribution in [1.82, 2.24) is 5.32 Å². The van der Waals surface area contributed by atoms with Gasteiger partial charge in [-0.15, -0.1) is 0 Å². The normalized spacial score (nSPS) is 15.9. The van der Waals surface area contributed by atoms with Crippen molar-refractivity contribution in [2.45, 2.75) is 52.2 Å². The Morgan fingerprint density at radius 3 is 2.46 bits per heavy atom. The van der Waals surface area contributed by atoms with E-state index in [1.807, 2.05) is 26.8 Å². The van der Waals surface area contributed by atoms with E-state index in [2.05, 4.69) is 10.2 Å². The minimum Gasteiger partial charge on any atom is -0.444 e. The third-order valence-electron chi connectivity index (χ3n) is 3.96. The Morgan fingerprint density at radius 1 is 1.33 bits per heavy atom. The second-order valence-corrected chi connectivity index (χ2v) is 7.14. The van der Waals surface area contributed by atoms with Crippen LogP contribution in [0.4, 0.5) is 16.2 Å². The average Bonchev–Trinajstić information content (AvgIpc) is 2.45. The van der Waals surface area contributed by atoms with Gasteiger partial charge >= 0.3 is 6.09 Å². The van der Waals surface area contributed by atoms with Gasteiger partial charge in [0.1, 0.15) is 5.60 Å². The fraction of sp³-hybridized carbons (Fsp3) is 0.588. The number of nitro groups is 1. The summed E-state index contributed by atoms with van der Waals surface area (Å²) in [6.07, 6.45) is 1.25. The van der Waals surface area contributed by atoms with Crippen LogP contribution in [0.15, 0.2) is 18.2 Å². The van der Waals surface area contributed by atoms with Gasteiger partial charge in [0.25, 0.3) is 5.69 Å². The molecular formula is C17H25N3O4. The van der Waals surface area contributed by atoms with E-state index in [1.165, 1.54) is 0 Å². The number of nitrogens with zero attached hydrogens (tertiary/aromatic N) is 2. The van der Waals surface area contributed by atoms with Gasteiger partial charge < -0.3 is 15.0 Å². The molecule has 1 aliphatic rings. The highest BCUT2D eigenvalue weighted by atomic mass is 16.6. The summed E-state index contributed by atoms with van der Waals surface area (Å²) < 4.78 is 5.28. The van der Waals surface area contributed by atoms with Crippen LogP contribution in [0.2, 0.25) is 0 Å². The number of piperidine rings is 1. The molecule has 1 fully saturated rings. The molecule has 1 aliphatic heterocycles. The molecule has 1 heterocycles. The lowest BCUT2D eigenvalue weighted by Crippen LogP contribution is -2.46. The summed E-state index contributed by atoms with van der Waals surface area (Å²) in [5.74, 6) is 0. The van der Waals surface area contributed by atoms with E-state index in [-0.39, 0.29) is 22.7 Å². The molecule has 2 rings (SSSR count). The standard InChI is InChI=1S/C17H25N3O4/c1-12-11-14(5-6-15(12)20(22)23)19-9-7-13(8-10-19)18-16(21)24-17(2,3)4/h5-6,11,13H,7-10H2,1-4H3,(H,18,21). The number of nitrogens with one attached hydrogen (secondary N) is 1. The Kier molecular flexibility index (Phi) is 5.31. The molecule has 132 valence electrons. The predicted octanol–water partition coefficient (Wildman–Crippen LogP) is 3.40. The highest BCUT2D eigenvalue weighted by Gasteiger charge is 2.24. The SMILES string of the molecule is Cc1cc(N2CCC(NC(=O)OC(C)(C)C)CC2)ccc1[N+](=O)[O-]. The van der Waals surface area contributed by atoms with Gasteiger partial charge in [0, 0.05) is 36.4 Å². The molecule has 1 amide bonds. The second-order valence-electron chi connectivity index (χ2n) is 7.14. The van der Waals surface area contributed by atoms with Crippen molar-refractivity contribution in [1.29, 1.82) is 0 Å². The highest BCUT2D eigenvalue weighted by Crippen LogP contribution is 2.26. The van der Waals surface area contributed by atoms with Gasteiger partial charge in [-0.25, -0.2) is 4.79 Å². The van der Waals surface area contributed by atoms with E-state index < -0.39 is 5.60 Å². The summed E-state index contributed by atoms with van der Waals surface area (Å²) in [6, 6.07) is 5.28. The van der Waals surface area contributed by atoms with E-state index in [0.717, 1.165) is 31.6 Å². The number of hydrogen-bond acceptors (Lipinski definition) is 5. The first-order valence-corrected chi connectivity index (χ1v) is 8.15. The van der Waals surface area contributed by atoms with Gasteiger partial charge in [0.05, 0.1) is 4.92 Å². The van der Waals surface area contributed by atoms with Crippen molar-refractivity contribution < 1.29 is 14.5 Å². The van der Waals surface area contributed by atoms with Crippen molar-refractivity contribution in [3.63, 3.8) is 0 Å². The number of carbonyl (C=O) groups excluding carboxylic acids is 1. The zero-order valence-electron chi connectivity index (χ0n) is 14.7. The Balaban J connectivity index is 1.90. The van der Waals surface area contributed by atoms with Crippen molar-refractivity contribution in [2.24, 2.45) is 0 Å². The maximum atomic E-state index is 11.8. The molecule has 1 N–H and O–H groups in total. The first-order chi connectivity index (χ1) is 11.2. The first kappa shape index (κ1) is 18.0. The van der Waals surface area contributed by atoms with E-state index in [1.54, 1.807) is 19.1 Å². The monoisotopic (exact) mass is 335 g/mol. The number of rotatable bonds is 3. The Labute approximate surface area is 142 Å². The minimum atomic E-state index is -0.499. The highest BCUT2D eigenvalue weighted by molar-refractivity contribution is 5.68. The number of hydrogen-bond donors (Lipinski definition) is 1. The van der Waals surface area contributed by atoms with Crippen LogP contribution in [0.1, 0.15) is 39.2 Å². The molecule has 7 heteroatoms. The van der Waals surface area contributed by atoms with Crippen molar-refractivity contribution in [3.05, 3.63) is 33.9 Å². The molecule has 0 spiro atoms. The van der Waals surface area contributed by atoms with Crippen LogP contribution in [0.25, 0.3) is 0 Å². The molecule has 0 saturated carbocycles. The maximum absolute atomic E-state index is 11.8. The fourth-order valence-corrected chi connectivity index (χ4v) is 2.80. The molecule has 1 aromatic rings. The summed E-state index contributed by atoms with van der Waals surface area (Å²) in [4.78, 5) is 24.5. The first-order valence-electron chi connectivity index (χ1n) is 8.15. The molecule has 1 aromatic carbocycles. The smallest absolute Gasteiger partial charge is 0.407 e. The quantitative estimate of drug-likeness (QED) is 0.676. The van der Waals surface area contributed by atoms with E-state index >= 15 is 0 Å². The summed E-state index contributed by atoms with van der Waals surface area (Å²) >= 11 is 0. The lowest BCUT2D eigenvalue weighted by atomic mass is 10.0. The van der Waals surface area contributed by atoms with Gasteiger partial charge in [-0.3, -0.25) is 10.1 Å². The zero-order valence-corrected chi connectivity index (χ0v) is 14.7. The lowest BCUT2D eigenvalue weighted by Gasteiger charge is -2.34. The van der Waals surface area contributed by atoms with E-state index in [0.29, 0.717) is 5.56 Å². The molecule has 0 atom stereocenters. The minimum absolute atomic E-state index is 0.0928. The predicted molar refractivity (Wildman–Crippen MR) is 92.4 cm³/mol. The summed E-state index contributed by atoms with van der Waals surface area (Å²) in [6.45, 7) is 8.85. The molecular weight excluding hydrogens is 310 g/mol. The van der Waals surface area contributed by atoms with Crippen LogP contribution >= 0.6 is 0 Å². The van der Waals surface area contributed by atoms with Crippen LogP contribution in [0.3, 0.4) is 0 Å². The second kappa shape index (κ2) is 7.07. The van der Waals surface area contributed by atoms with Crippen molar-refractivity contribution in [2.75, 3.05) is 18.0 Å². The van der Waals surface area contributed by atoms with Gasteiger partial charge in [-0.1, -0.05) is 0 Å². The van der Waals surface area contributed by atoms with Crippen LogP contribution < -0.4 is 10.2 Å². The van der Waals surface area contributed by atoms with Crippen LogP contribution in [-0.2, 0) is 4.74 Å². The maximum Gasteiger partial charge on any atom is 0.407 e.